The quantitative estimate of drug-likeness (QED) is 0.398. The Balaban J connectivity index is 1.78. The first kappa shape index (κ1) is 24.2. The lowest BCUT2D eigenvalue weighted by Crippen LogP contribution is -2.30. The van der Waals surface area contributed by atoms with Gasteiger partial charge in [-0.05, 0) is 67.9 Å². The van der Waals surface area contributed by atoms with Crippen LogP contribution >= 0.6 is 11.6 Å². The second-order valence-electron chi connectivity index (χ2n) is 7.14. The van der Waals surface area contributed by atoms with Crippen molar-refractivity contribution < 1.29 is 27.8 Å². The van der Waals surface area contributed by atoms with E-state index in [1.54, 1.807) is 49.4 Å². The van der Waals surface area contributed by atoms with Crippen molar-refractivity contribution in [3.63, 3.8) is 0 Å². The van der Waals surface area contributed by atoms with Crippen LogP contribution in [0.25, 0.3) is 0 Å². The number of phenols is 1. The molecule has 174 valence electrons. The van der Waals surface area contributed by atoms with Crippen LogP contribution in [0.1, 0.15) is 12.5 Å². The predicted molar refractivity (Wildman–Crippen MR) is 127 cm³/mol. The number of rotatable bonds is 8. The number of aromatic hydroxyl groups is 1. The molecule has 0 aliphatic heterocycles. The number of amides is 1. The van der Waals surface area contributed by atoms with Crippen molar-refractivity contribution in [2.45, 2.75) is 24.8 Å². The summed E-state index contributed by atoms with van der Waals surface area (Å²) in [7, 11) is -2.61. The summed E-state index contributed by atoms with van der Waals surface area (Å²) < 4.78 is 39.0. The number of benzene rings is 3. The number of ether oxygens (including phenoxy) is 2. The second-order valence-corrected chi connectivity index (χ2v) is 9.26. The number of halogens is 1. The molecule has 0 aliphatic rings. The van der Waals surface area contributed by atoms with E-state index >= 15 is 0 Å². The molecule has 8 nitrogen and oxygen atoms in total. The van der Waals surface area contributed by atoms with E-state index in [0.717, 1.165) is 11.6 Å². The molecule has 3 N–H and O–H groups in total. The van der Waals surface area contributed by atoms with Gasteiger partial charge in [0, 0.05) is 5.02 Å². The number of hydrogen-bond donors (Lipinski definition) is 3. The SMILES string of the molecule is COc1ccccc1NS(=O)(=O)c1ccc(O)c(NC(=O)C(C)Oc2ccc(Cl)cc2C)c1. The summed E-state index contributed by atoms with van der Waals surface area (Å²) >= 11 is 5.94. The topological polar surface area (TPSA) is 114 Å². The number of aryl methyl sites for hydroxylation is 1. The maximum absolute atomic E-state index is 12.9. The highest BCUT2D eigenvalue weighted by atomic mass is 35.5. The molecular formula is C23H23ClN2O6S. The lowest BCUT2D eigenvalue weighted by atomic mass is 10.2. The van der Waals surface area contributed by atoms with Gasteiger partial charge in [-0.2, -0.15) is 0 Å². The second kappa shape index (κ2) is 10.0. The molecule has 1 unspecified atom stereocenters. The van der Waals surface area contributed by atoms with Crippen molar-refractivity contribution in [1.82, 2.24) is 0 Å². The van der Waals surface area contributed by atoms with Crippen molar-refractivity contribution in [3.8, 4) is 17.2 Å². The number of carbonyl (C=O) groups excluding carboxylic acids is 1. The molecule has 0 heterocycles. The average molecular weight is 491 g/mol. The lowest BCUT2D eigenvalue weighted by molar-refractivity contribution is -0.122. The summed E-state index contributed by atoms with van der Waals surface area (Å²) in [5.74, 6) is -0.0539. The Morgan fingerprint density at radius 1 is 1.03 bits per heavy atom. The van der Waals surface area contributed by atoms with Crippen LogP contribution in [0, 0.1) is 6.92 Å². The van der Waals surface area contributed by atoms with Crippen LogP contribution in [-0.2, 0) is 14.8 Å². The number of phenolic OH excluding ortho intramolecular Hbond substituents is 1. The molecule has 0 fully saturated rings. The van der Waals surface area contributed by atoms with Crippen molar-refractivity contribution >= 4 is 38.9 Å². The van der Waals surface area contributed by atoms with Crippen molar-refractivity contribution in [2.24, 2.45) is 0 Å². The number of methoxy groups -OCH3 is 1. The number of carbonyl (C=O) groups is 1. The van der Waals surface area contributed by atoms with Gasteiger partial charge in [0.25, 0.3) is 15.9 Å². The molecule has 0 bridgehead atoms. The molecule has 0 saturated heterocycles. The van der Waals surface area contributed by atoms with Crippen LogP contribution in [0.3, 0.4) is 0 Å². The van der Waals surface area contributed by atoms with Crippen LogP contribution < -0.4 is 19.5 Å². The Morgan fingerprint density at radius 3 is 2.45 bits per heavy atom. The number of para-hydroxylation sites is 2. The largest absolute Gasteiger partial charge is 0.506 e. The zero-order valence-corrected chi connectivity index (χ0v) is 19.7. The standard InChI is InChI=1S/C23H23ClN2O6S/c1-14-12-16(24)8-11-21(14)32-15(2)23(28)25-19-13-17(9-10-20(19)27)33(29,30)26-18-6-4-5-7-22(18)31-3/h4-13,15,26-27H,1-3H3,(H,25,28). The fourth-order valence-electron chi connectivity index (χ4n) is 2.94. The first-order valence-corrected chi connectivity index (χ1v) is 11.7. The maximum Gasteiger partial charge on any atom is 0.265 e. The van der Waals surface area contributed by atoms with Gasteiger partial charge < -0.3 is 19.9 Å². The van der Waals surface area contributed by atoms with E-state index in [1.807, 2.05) is 0 Å². The van der Waals surface area contributed by atoms with E-state index in [4.69, 9.17) is 21.1 Å². The van der Waals surface area contributed by atoms with Gasteiger partial charge >= 0.3 is 0 Å². The molecule has 0 aromatic heterocycles. The zero-order chi connectivity index (χ0) is 24.2. The number of hydrogen-bond acceptors (Lipinski definition) is 6. The third kappa shape index (κ3) is 5.88. The van der Waals surface area contributed by atoms with Crippen LogP contribution in [0.4, 0.5) is 11.4 Å². The fraction of sp³-hybridized carbons (Fsp3) is 0.174. The Kier molecular flexibility index (Phi) is 7.35. The third-order valence-electron chi connectivity index (χ3n) is 4.70. The smallest absolute Gasteiger partial charge is 0.265 e. The number of nitrogens with one attached hydrogen (secondary N) is 2. The highest BCUT2D eigenvalue weighted by molar-refractivity contribution is 7.92. The monoisotopic (exact) mass is 490 g/mol. The molecule has 3 aromatic carbocycles. The van der Waals surface area contributed by atoms with Crippen LogP contribution in [0.15, 0.2) is 65.6 Å². The van der Waals surface area contributed by atoms with Gasteiger partial charge in [-0.15, -0.1) is 0 Å². The zero-order valence-electron chi connectivity index (χ0n) is 18.1. The molecule has 1 amide bonds. The van der Waals surface area contributed by atoms with E-state index in [1.165, 1.54) is 26.2 Å². The minimum Gasteiger partial charge on any atom is -0.506 e. The molecule has 3 aromatic rings. The summed E-state index contributed by atoms with van der Waals surface area (Å²) in [6.45, 7) is 3.32. The Morgan fingerprint density at radius 2 is 1.76 bits per heavy atom. The van der Waals surface area contributed by atoms with Crippen LogP contribution in [0.5, 0.6) is 17.2 Å². The molecule has 3 rings (SSSR count). The van der Waals surface area contributed by atoms with E-state index in [9.17, 15) is 18.3 Å². The summed E-state index contributed by atoms with van der Waals surface area (Å²) in [6.07, 6.45) is -0.934. The Hall–Kier alpha value is -3.43. The summed E-state index contributed by atoms with van der Waals surface area (Å²) in [5, 5.41) is 13.2. The van der Waals surface area contributed by atoms with Crippen LogP contribution in [-0.4, -0.2) is 32.6 Å². The molecule has 0 radical (unpaired) electrons. The molecule has 0 aliphatic carbocycles. The van der Waals surface area contributed by atoms with Gasteiger partial charge in [0.2, 0.25) is 0 Å². The van der Waals surface area contributed by atoms with Gasteiger partial charge in [-0.1, -0.05) is 23.7 Å². The third-order valence-corrected chi connectivity index (χ3v) is 6.30. The van der Waals surface area contributed by atoms with E-state index in [0.29, 0.717) is 16.5 Å². The van der Waals surface area contributed by atoms with E-state index in [-0.39, 0.29) is 22.0 Å². The molecule has 33 heavy (non-hydrogen) atoms. The molecular weight excluding hydrogens is 468 g/mol. The van der Waals surface area contributed by atoms with Crippen molar-refractivity contribution in [1.29, 1.82) is 0 Å². The van der Waals surface area contributed by atoms with Gasteiger partial charge in [-0.3, -0.25) is 9.52 Å². The Bertz CT molecular complexity index is 1280. The summed E-state index contributed by atoms with van der Waals surface area (Å²) in [5.41, 5.74) is 0.922. The lowest BCUT2D eigenvalue weighted by Gasteiger charge is -2.17. The van der Waals surface area contributed by atoms with E-state index < -0.39 is 22.0 Å². The Labute approximate surface area is 197 Å². The van der Waals surface area contributed by atoms with E-state index in [2.05, 4.69) is 10.0 Å². The normalized spacial score (nSPS) is 12.0. The highest BCUT2D eigenvalue weighted by Gasteiger charge is 2.21. The predicted octanol–water partition coefficient (Wildman–Crippen LogP) is 4.57. The molecule has 0 spiro atoms. The molecule has 1 atom stereocenters. The fourth-order valence-corrected chi connectivity index (χ4v) is 4.26. The first-order valence-electron chi connectivity index (χ1n) is 9.83. The first-order chi connectivity index (χ1) is 15.6. The number of sulfonamides is 1. The molecule has 0 saturated carbocycles. The average Bonchev–Trinajstić information content (AvgIpc) is 2.77. The summed E-state index contributed by atoms with van der Waals surface area (Å²) in [6, 6.07) is 15.1. The van der Waals surface area contributed by atoms with Gasteiger partial charge in [-0.25, -0.2) is 8.42 Å². The minimum absolute atomic E-state index is 0.0776. The maximum atomic E-state index is 12.9. The van der Waals surface area contributed by atoms with Crippen LogP contribution in [0.2, 0.25) is 5.02 Å². The van der Waals surface area contributed by atoms with Crippen molar-refractivity contribution in [2.75, 3.05) is 17.1 Å². The van der Waals surface area contributed by atoms with Gasteiger partial charge in [0.15, 0.2) is 6.10 Å². The van der Waals surface area contributed by atoms with Gasteiger partial charge in [0.05, 0.1) is 23.4 Å². The minimum atomic E-state index is -4.04. The van der Waals surface area contributed by atoms with Gasteiger partial charge in [0.1, 0.15) is 17.2 Å². The highest BCUT2D eigenvalue weighted by Crippen LogP contribution is 2.30. The molecule has 10 heteroatoms. The number of anilines is 2. The summed E-state index contributed by atoms with van der Waals surface area (Å²) in [4.78, 5) is 12.5. The van der Waals surface area contributed by atoms with Crippen molar-refractivity contribution in [3.05, 3.63) is 71.2 Å².